The molecule has 3 aliphatic heterocycles. The van der Waals surface area contributed by atoms with E-state index in [-0.39, 0.29) is 17.6 Å². The highest BCUT2D eigenvalue weighted by Gasteiger charge is 2.63. The molecule has 3 fully saturated rings. The highest BCUT2D eigenvalue weighted by molar-refractivity contribution is 7.10. The van der Waals surface area contributed by atoms with Crippen LogP contribution in [0.4, 0.5) is 5.95 Å². The van der Waals surface area contributed by atoms with E-state index in [0.717, 1.165) is 36.8 Å². The lowest BCUT2D eigenvalue weighted by atomic mass is 9.73. The highest BCUT2D eigenvalue weighted by Crippen LogP contribution is 2.54. The molecule has 4 atom stereocenters. The lowest BCUT2D eigenvalue weighted by molar-refractivity contribution is -0.120. The number of carbonyl (C=O) groups excluding carboxylic acids is 1. The van der Waals surface area contributed by atoms with Crippen molar-refractivity contribution in [2.75, 3.05) is 24.5 Å². The van der Waals surface area contributed by atoms with Crippen molar-refractivity contribution in [3.8, 4) is 0 Å². The van der Waals surface area contributed by atoms with Gasteiger partial charge in [0.25, 0.3) is 0 Å². The smallest absolute Gasteiger partial charge is 0.225 e. The van der Waals surface area contributed by atoms with Crippen LogP contribution >= 0.6 is 11.3 Å². The molecule has 0 unspecified atom stereocenters. The summed E-state index contributed by atoms with van der Waals surface area (Å²) in [5.41, 5.74) is -0.0764. The molecule has 1 spiro atoms. The first-order valence-electron chi connectivity index (χ1n) is 9.22. The molecule has 0 aliphatic carbocycles. The van der Waals surface area contributed by atoms with Crippen LogP contribution in [-0.4, -0.2) is 47.2 Å². The van der Waals surface area contributed by atoms with E-state index in [1.165, 1.54) is 0 Å². The molecule has 136 valence electrons. The van der Waals surface area contributed by atoms with Gasteiger partial charge in [-0.1, -0.05) is 6.07 Å². The second-order valence-electron chi connectivity index (χ2n) is 7.52. The molecule has 26 heavy (non-hydrogen) atoms. The molecule has 0 saturated carbocycles. The molecule has 0 aromatic carbocycles. The average Bonchev–Trinajstić information content (AvgIpc) is 3.42. The van der Waals surface area contributed by atoms with E-state index >= 15 is 0 Å². The van der Waals surface area contributed by atoms with Crippen molar-refractivity contribution in [3.05, 3.63) is 40.8 Å². The molecule has 1 amide bonds. The van der Waals surface area contributed by atoms with Gasteiger partial charge in [0.15, 0.2) is 0 Å². The summed E-state index contributed by atoms with van der Waals surface area (Å²) < 4.78 is 6.44. The first-order chi connectivity index (χ1) is 12.7. The third-order valence-corrected chi connectivity index (χ3v) is 6.95. The van der Waals surface area contributed by atoms with E-state index in [0.29, 0.717) is 24.8 Å². The van der Waals surface area contributed by atoms with E-state index in [1.54, 1.807) is 23.7 Å². The Morgan fingerprint density at radius 3 is 3.08 bits per heavy atom. The minimum Gasteiger partial charge on any atom is -0.369 e. The summed E-state index contributed by atoms with van der Waals surface area (Å²) in [6, 6.07) is 5.83. The molecule has 5 rings (SSSR count). The number of carbonyl (C=O) groups is 1. The first-order valence-corrected chi connectivity index (χ1v) is 10.1. The Balaban J connectivity index is 1.25. The van der Waals surface area contributed by atoms with Gasteiger partial charge in [-0.05, 0) is 30.4 Å². The zero-order valence-electron chi connectivity index (χ0n) is 14.5. The number of rotatable bonds is 5. The van der Waals surface area contributed by atoms with Crippen molar-refractivity contribution in [1.82, 2.24) is 15.3 Å². The number of amides is 1. The van der Waals surface area contributed by atoms with Gasteiger partial charge in [-0.3, -0.25) is 4.79 Å². The molecular formula is C19H22N4O2S. The van der Waals surface area contributed by atoms with Crippen LogP contribution in [0.5, 0.6) is 0 Å². The second-order valence-corrected chi connectivity index (χ2v) is 8.55. The number of ether oxygens (including phenoxy) is 1. The normalized spacial score (nSPS) is 32.0. The maximum atomic E-state index is 12.3. The molecule has 3 saturated heterocycles. The second kappa shape index (κ2) is 6.32. The van der Waals surface area contributed by atoms with Gasteiger partial charge in [-0.25, -0.2) is 9.97 Å². The van der Waals surface area contributed by atoms with Gasteiger partial charge in [-0.2, -0.15) is 0 Å². The average molecular weight is 370 g/mol. The van der Waals surface area contributed by atoms with Crippen molar-refractivity contribution >= 4 is 23.2 Å². The molecule has 7 heteroatoms. The van der Waals surface area contributed by atoms with Crippen LogP contribution in [0.15, 0.2) is 36.0 Å². The van der Waals surface area contributed by atoms with Crippen LogP contribution in [0.2, 0.25) is 0 Å². The van der Waals surface area contributed by atoms with Crippen molar-refractivity contribution in [1.29, 1.82) is 0 Å². The zero-order chi connectivity index (χ0) is 17.6. The number of nitrogens with one attached hydrogen (secondary N) is 1. The van der Waals surface area contributed by atoms with Crippen LogP contribution in [0, 0.1) is 11.8 Å². The SMILES string of the molecule is O=C(Cc1cccs1)NC[C@H]1[C@H]2CN(c3ncccn3)C[C@]23CC[C@H]1O3. The molecule has 3 aliphatic rings. The van der Waals surface area contributed by atoms with Crippen molar-refractivity contribution < 1.29 is 9.53 Å². The van der Waals surface area contributed by atoms with Crippen molar-refractivity contribution in [2.24, 2.45) is 11.8 Å². The molecule has 1 N–H and O–H groups in total. The lowest BCUT2D eigenvalue weighted by Gasteiger charge is -2.29. The fraction of sp³-hybridized carbons (Fsp3) is 0.526. The van der Waals surface area contributed by atoms with Gasteiger partial charge in [0.2, 0.25) is 11.9 Å². The molecule has 2 aromatic heterocycles. The third-order valence-electron chi connectivity index (χ3n) is 6.07. The topological polar surface area (TPSA) is 67.4 Å². The summed E-state index contributed by atoms with van der Waals surface area (Å²) in [4.78, 5) is 24.4. The minimum atomic E-state index is -0.0764. The molecule has 0 radical (unpaired) electrons. The number of thiophene rings is 1. The Labute approximate surface area is 156 Å². The molecule has 5 heterocycles. The first kappa shape index (κ1) is 16.2. The highest BCUT2D eigenvalue weighted by atomic mass is 32.1. The maximum Gasteiger partial charge on any atom is 0.225 e. The van der Waals surface area contributed by atoms with E-state index in [1.807, 2.05) is 23.6 Å². The zero-order valence-corrected chi connectivity index (χ0v) is 15.3. The monoisotopic (exact) mass is 370 g/mol. The Kier molecular flexibility index (Phi) is 3.94. The van der Waals surface area contributed by atoms with Crippen LogP contribution in [-0.2, 0) is 16.0 Å². The maximum absolute atomic E-state index is 12.3. The van der Waals surface area contributed by atoms with Crippen molar-refractivity contribution in [2.45, 2.75) is 31.0 Å². The Morgan fingerprint density at radius 2 is 2.27 bits per heavy atom. The standard InChI is InChI=1S/C19H22N4O2S/c24-17(9-13-3-1-8-26-13)22-10-14-15-11-23(18-20-6-2-7-21-18)12-19(15)5-4-16(14)25-19/h1-3,6-8,14-16H,4-5,9-12H2,(H,22,24)/t14-,15+,16+,19+/m0/s1. The van der Waals surface area contributed by atoms with Gasteiger partial charge in [0.05, 0.1) is 24.7 Å². The van der Waals surface area contributed by atoms with Gasteiger partial charge in [-0.15, -0.1) is 11.3 Å². The molecule has 6 nitrogen and oxygen atoms in total. The van der Waals surface area contributed by atoms with Crippen LogP contribution in [0.1, 0.15) is 17.7 Å². The van der Waals surface area contributed by atoms with Crippen LogP contribution in [0.25, 0.3) is 0 Å². The quantitative estimate of drug-likeness (QED) is 0.870. The number of nitrogens with zero attached hydrogens (tertiary/aromatic N) is 3. The lowest BCUT2D eigenvalue weighted by Crippen LogP contribution is -2.42. The number of hydrogen-bond acceptors (Lipinski definition) is 6. The summed E-state index contributed by atoms with van der Waals surface area (Å²) in [5.74, 6) is 1.70. The van der Waals surface area contributed by atoms with E-state index in [4.69, 9.17) is 4.74 Å². The summed E-state index contributed by atoms with van der Waals surface area (Å²) >= 11 is 1.63. The molecular weight excluding hydrogens is 348 g/mol. The third kappa shape index (κ3) is 2.70. The Hall–Kier alpha value is -1.99. The Bertz CT molecular complexity index is 784. The molecule has 2 bridgehead atoms. The van der Waals surface area contributed by atoms with Gasteiger partial charge in [0, 0.05) is 42.2 Å². The minimum absolute atomic E-state index is 0.0764. The number of fused-ring (bicyclic) bond motifs is 1. The number of aromatic nitrogens is 2. The fourth-order valence-corrected chi connectivity index (χ4v) is 5.64. The summed E-state index contributed by atoms with van der Waals surface area (Å²) in [7, 11) is 0. The number of hydrogen-bond donors (Lipinski definition) is 1. The summed E-state index contributed by atoms with van der Waals surface area (Å²) in [6.07, 6.45) is 6.51. The van der Waals surface area contributed by atoms with E-state index < -0.39 is 0 Å². The van der Waals surface area contributed by atoms with Crippen molar-refractivity contribution in [3.63, 3.8) is 0 Å². The predicted molar refractivity (Wildman–Crippen MR) is 99.1 cm³/mol. The fourth-order valence-electron chi connectivity index (χ4n) is 4.94. The molecule has 2 aromatic rings. The van der Waals surface area contributed by atoms with Crippen LogP contribution in [0.3, 0.4) is 0 Å². The van der Waals surface area contributed by atoms with Gasteiger partial charge >= 0.3 is 0 Å². The number of anilines is 1. The van der Waals surface area contributed by atoms with E-state index in [2.05, 4.69) is 20.2 Å². The Morgan fingerprint density at radius 1 is 1.38 bits per heavy atom. The van der Waals surface area contributed by atoms with Gasteiger partial charge in [0.1, 0.15) is 0 Å². The summed E-state index contributed by atoms with van der Waals surface area (Å²) in [6.45, 7) is 2.47. The predicted octanol–water partition coefficient (Wildman–Crippen LogP) is 1.88. The van der Waals surface area contributed by atoms with Gasteiger partial charge < -0.3 is 15.0 Å². The van der Waals surface area contributed by atoms with E-state index in [9.17, 15) is 4.79 Å². The largest absolute Gasteiger partial charge is 0.369 e. The summed E-state index contributed by atoms with van der Waals surface area (Å²) in [5, 5.41) is 5.16. The van der Waals surface area contributed by atoms with Crippen LogP contribution < -0.4 is 10.2 Å².